The summed E-state index contributed by atoms with van der Waals surface area (Å²) in [5.74, 6) is -1.13. The van der Waals surface area contributed by atoms with E-state index in [1.165, 1.54) is 0 Å². The molecule has 2 aromatic rings. The van der Waals surface area contributed by atoms with Gasteiger partial charge in [-0.25, -0.2) is 8.42 Å². The van der Waals surface area contributed by atoms with Crippen molar-refractivity contribution in [1.82, 2.24) is 0 Å². The number of hydrogen-bond acceptors (Lipinski definition) is 4. The first-order valence-corrected chi connectivity index (χ1v) is 9.45. The molecule has 0 bridgehead atoms. The van der Waals surface area contributed by atoms with E-state index in [1.54, 1.807) is 62.4 Å². The van der Waals surface area contributed by atoms with Gasteiger partial charge in [-0.1, -0.05) is 54.9 Å². The van der Waals surface area contributed by atoms with E-state index in [-0.39, 0.29) is 17.3 Å². The Morgan fingerprint density at radius 2 is 1.75 bits per heavy atom. The van der Waals surface area contributed by atoms with Gasteiger partial charge in [0, 0.05) is 5.02 Å². The van der Waals surface area contributed by atoms with Crippen molar-refractivity contribution in [3.8, 4) is 0 Å². The number of hydrogen-bond donors (Lipinski definition) is 0. The molecule has 0 amide bonds. The Bertz CT molecular complexity index is 840. The van der Waals surface area contributed by atoms with E-state index in [0.29, 0.717) is 21.7 Å². The second kappa shape index (κ2) is 7.73. The zero-order valence-electron chi connectivity index (χ0n) is 13.5. The summed E-state index contributed by atoms with van der Waals surface area (Å²) < 4.78 is 30.7. The average molecular weight is 366 g/mol. The molecule has 4 nitrogen and oxygen atoms in total. The van der Waals surface area contributed by atoms with Gasteiger partial charge in [-0.2, -0.15) is 0 Å². The summed E-state index contributed by atoms with van der Waals surface area (Å²) in [5, 5.41) is 12.8. The van der Waals surface area contributed by atoms with Crippen LogP contribution in [0.2, 0.25) is 5.02 Å². The summed E-state index contributed by atoms with van der Waals surface area (Å²) in [6.45, 7) is 3.50. The molecule has 0 atom stereocenters. The molecule has 0 unspecified atom stereocenters. The van der Waals surface area contributed by atoms with Crippen LogP contribution in [0.5, 0.6) is 0 Å². The zero-order valence-corrected chi connectivity index (χ0v) is 15.0. The van der Waals surface area contributed by atoms with Crippen LogP contribution in [0.25, 0.3) is 4.91 Å². The fourth-order valence-electron chi connectivity index (χ4n) is 2.30. The van der Waals surface area contributed by atoms with E-state index in [2.05, 4.69) is 0 Å². The van der Waals surface area contributed by atoms with Gasteiger partial charge in [-0.15, -0.1) is 0 Å². The number of aryl methyl sites for hydroxylation is 1. The highest BCUT2D eigenvalue weighted by atomic mass is 35.5. The second-order valence-electron chi connectivity index (χ2n) is 5.25. The highest BCUT2D eigenvalue weighted by Crippen LogP contribution is 2.29. The molecule has 0 saturated heterocycles. The topological polar surface area (TPSA) is 66.4 Å². The van der Waals surface area contributed by atoms with Gasteiger partial charge in [0.1, 0.15) is 0 Å². The fraction of sp³-hybridized carbons (Fsp3) is 0.222. The third-order valence-corrected chi connectivity index (χ3v) is 5.41. The predicted molar refractivity (Wildman–Crippen MR) is 93.8 cm³/mol. The third kappa shape index (κ3) is 4.30. The maximum atomic E-state index is 12.9. The quantitative estimate of drug-likeness (QED) is 0.737. The van der Waals surface area contributed by atoms with Crippen LogP contribution in [-0.2, 0) is 20.3 Å². The molecular weight excluding hydrogens is 348 g/mol. The molecule has 0 aliphatic carbocycles. The SMILES string of the molecule is CCO/C([O-])=C(\c1ccccc1C)S(=O)(=O)Cc1ccc(Cl)cc1. The van der Waals surface area contributed by atoms with Crippen molar-refractivity contribution in [2.45, 2.75) is 19.6 Å². The Hall–Kier alpha value is -1.98. The van der Waals surface area contributed by atoms with E-state index in [9.17, 15) is 13.5 Å². The van der Waals surface area contributed by atoms with E-state index >= 15 is 0 Å². The molecule has 0 heterocycles. The first-order valence-electron chi connectivity index (χ1n) is 7.42. The number of ether oxygens (including phenoxy) is 1. The van der Waals surface area contributed by atoms with Crippen molar-refractivity contribution in [2.24, 2.45) is 0 Å². The van der Waals surface area contributed by atoms with Gasteiger partial charge in [0.05, 0.1) is 16.6 Å². The van der Waals surface area contributed by atoms with Crippen LogP contribution in [0.4, 0.5) is 0 Å². The smallest absolute Gasteiger partial charge is 0.184 e. The number of benzene rings is 2. The lowest BCUT2D eigenvalue weighted by atomic mass is 10.1. The molecule has 0 aromatic heterocycles. The molecule has 0 aliphatic rings. The van der Waals surface area contributed by atoms with Crippen molar-refractivity contribution in [2.75, 3.05) is 6.61 Å². The maximum Gasteiger partial charge on any atom is 0.184 e. The van der Waals surface area contributed by atoms with Gasteiger partial charge >= 0.3 is 0 Å². The van der Waals surface area contributed by atoms with Crippen molar-refractivity contribution >= 4 is 26.3 Å². The molecule has 0 fully saturated rings. The predicted octanol–water partition coefficient (Wildman–Crippen LogP) is 3.29. The fourth-order valence-corrected chi connectivity index (χ4v) is 4.08. The summed E-state index contributed by atoms with van der Waals surface area (Å²) in [4.78, 5) is -0.308. The summed E-state index contributed by atoms with van der Waals surface area (Å²) in [6, 6.07) is 13.3. The molecule has 128 valence electrons. The molecule has 0 radical (unpaired) electrons. The maximum absolute atomic E-state index is 12.9. The van der Waals surface area contributed by atoms with Crippen LogP contribution in [0.15, 0.2) is 54.5 Å². The van der Waals surface area contributed by atoms with Gasteiger partial charge in [0.25, 0.3) is 0 Å². The Morgan fingerprint density at radius 3 is 2.33 bits per heavy atom. The molecular formula is C18H18ClO4S-. The van der Waals surface area contributed by atoms with Crippen LogP contribution < -0.4 is 5.11 Å². The number of rotatable bonds is 6. The Balaban J connectivity index is 2.52. The Labute approximate surface area is 147 Å². The van der Waals surface area contributed by atoms with Gasteiger partial charge in [-0.05, 0) is 42.4 Å². The van der Waals surface area contributed by atoms with Crippen LogP contribution in [0.3, 0.4) is 0 Å². The average Bonchev–Trinajstić information content (AvgIpc) is 2.51. The minimum Gasteiger partial charge on any atom is -0.613 e. The first kappa shape index (κ1) is 18.4. The van der Waals surface area contributed by atoms with E-state index in [4.69, 9.17) is 16.3 Å². The van der Waals surface area contributed by atoms with Gasteiger partial charge < -0.3 is 9.84 Å². The van der Waals surface area contributed by atoms with Crippen LogP contribution >= 0.6 is 11.6 Å². The summed E-state index contributed by atoms with van der Waals surface area (Å²) >= 11 is 5.83. The van der Waals surface area contributed by atoms with Gasteiger partial charge in [0.2, 0.25) is 0 Å². The Kier molecular flexibility index (Phi) is 5.91. The highest BCUT2D eigenvalue weighted by molar-refractivity contribution is 7.99. The number of sulfone groups is 1. The van der Waals surface area contributed by atoms with E-state index in [1.807, 2.05) is 0 Å². The van der Waals surface area contributed by atoms with Gasteiger partial charge in [0.15, 0.2) is 9.84 Å². The molecule has 2 aromatic carbocycles. The van der Waals surface area contributed by atoms with Crippen molar-refractivity contribution in [1.29, 1.82) is 0 Å². The lowest BCUT2D eigenvalue weighted by Gasteiger charge is -2.20. The first-order chi connectivity index (χ1) is 11.3. The summed E-state index contributed by atoms with van der Waals surface area (Å²) in [5.41, 5.74) is 1.61. The Morgan fingerprint density at radius 1 is 1.12 bits per heavy atom. The zero-order chi connectivity index (χ0) is 17.7. The van der Waals surface area contributed by atoms with Gasteiger partial charge in [-0.3, -0.25) is 0 Å². The van der Waals surface area contributed by atoms with E-state index < -0.39 is 15.8 Å². The summed E-state index contributed by atoms with van der Waals surface area (Å²) in [6.07, 6.45) is 0. The highest BCUT2D eigenvalue weighted by Gasteiger charge is 2.23. The van der Waals surface area contributed by atoms with E-state index in [0.717, 1.165) is 0 Å². The lowest BCUT2D eigenvalue weighted by Crippen LogP contribution is -2.18. The molecule has 0 saturated carbocycles. The van der Waals surface area contributed by atoms with Crippen molar-refractivity contribution in [3.63, 3.8) is 0 Å². The largest absolute Gasteiger partial charge is 0.613 e. The molecule has 6 heteroatoms. The minimum absolute atomic E-state index is 0.102. The number of halogens is 1. The second-order valence-corrected chi connectivity index (χ2v) is 7.61. The van der Waals surface area contributed by atoms with Crippen molar-refractivity contribution < 1.29 is 18.3 Å². The normalized spacial score (nSPS) is 12.6. The van der Waals surface area contributed by atoms with Crippen molar-refractivity contribution in [3.05, 3.63) is 76.2 Å². The summed E-state index contributed by atoms with van der Waals surface area (Å²) in [7, 11) is -3.89. The third-order valence-electron chi connectivity index (χ3n) is 3.43. The molecule has 0 N–H and O–H groups in total. The lowest BCUT2D eigenvalue weighted by molar-refractivity contribution is -0.354. The van der Waals surface area contributed by atoms with Crippen LogP contribution in [0, 0.1) is 6.92 Å². The van der Waals surface area contributed by atoms with Crippen LogP contribution in [0.1, 0.15) is 23.6 Å². The van der Waals surface area contributed by atoms with Crippen LogP contribution in [-0.4, -0.2) is 15.0 Å². The minimum atomic E-state index is -3.89. The standard InChI is InChI=1S/C18H19ClO4S/c1-3-23-18(20)17(16-7-5-4-6-13(16)2)24(21,22)12-14-8-10-15(19)11-9-14/h4-11,20H,3,12H2,1-2H3/p-1/b18-17+. The molecule has 24 heavy (non-hydrogen) atoms. The monoisotopic (exact) mass is 365 g/mol. The molecule has 2 rings (SSSR count). The molecule has 0 spiro atoms. The molecule has 0 aliphatic heterocycles.